The van der Waals surface area contributed by atoms with Crippen LogP contribution in [0.15, 0.2) is 48.5 Å². The lowest BCUT2D eigenvalue weighted by molar-refractivity contribution is -0.116. The van der Waals surface area contributed by atoms with Crippen molar-refractivity contribution in [1.29, 1.82) is 0 Å². The second-order valence-electron chi connectivity index (χ2n) is 4.99. The van der Waals surface area contributed by atoms with Gasteiger partial charge in [0.2, 0.25) is 5.91 Å². The molecule has 0 unspecified atom stereocenters. The topological polar surface area (TPSA) is 61.4 Å². The van der Waals surface area contributed by atoms with E-state index in [1.54, 1.807) is 30.3 Å². The molecule has 0 aliphatic carbocycles. The molecule has 2 rings (SSSR count). The molecule has 0 radical (unpaired) electrons. The lowest BCUT2D eigenvalue weighted by Gasteiger charge is -2.23. The third kappa shape index (κ3) is 4.88. The smallest absolute Gasteiger partial charge is 0.319 e. The fourth-order valence-electron chi connectivity index (χ4n) is 2.15. The summed E-state index contributed by atoms with van der Waals surface area (Å²) >= 11 is 12.3. The Morgan fingerprint density at radius 2 is 1.62 bits per heavy atom. The van der Waals surface area contributed by atoms with Crippen LogP contribution < -0.4 is 15.5 Å². The van der Waals surface area contributed by atoms with Crippen molar-refractivity contribution in [3.8, 4) is 0 Å². The van der Waals surface area contributed by atoms with Crippen molar-refractivity contribution in [2.24, 2.45) is 0 Å². The van der Waals surface area contributed by atoms with Gasteiger partial charge in [-0.25, -0.2) is 4.79 Å². The summed E-state index contributed by atoms with van der Waals surface area (Å²) in [7, 11) is 0. The standard InChI is InChI=1S/C17H17Cl2N3O2/c1-12(23)22(16-14(18)8-5-9-15(16)19)11-10-20-17(24)21-13-6-3-2-4-7-13/h2-9H,10-11H2,1H3,(H2,20,21,24). The maximum atomic E-state index is 11.9. The van der Waals surface area contributed by atoms with Crippen molar-refractivity contribution in [3.05, 3.63) is 58.6 Å². The number of para-hydroxylation sites is 2. The fraction of sp³-hybridized carbons (Fsp3) is 0.176. The number of nitrogens with zero attached hydrogens (tertiary/aromatic N) is 1. The minimum Gasteiger partial charge on any atom is -0.336 e. The zero-order valence-electron chi connectivity index (χ0n) is 13.1. The van der Waals surface area contributed by atoms with E-state index in [-0.39, 0.29) is 25.0 Å². The highest BCUT2D eigenvalue weighted by atomic mass is 35.5. The molecule has 0 atom stereocenters. The minimum atomic E-state index is -0.352. The van der Waals surface area contributed by atoms with E-state index in [1.165, 1.54) is 11.8 Å². The molecular weight excluding hydrogens is 349 g/mol. The third-order valence-electron chi connectivity index (χ3n) is 3.24. The Hall–Kier alpha value is -2.24. The molecule has 2 N–H and O–H groups in total. The molecular formula is C17H17Cl2N3O2. The molecule has 0 aromatic heterocycles. The Morgan fingerprint density at radius 1 is 1.00 bits per heavy atom. The van der Waals surface area contributed by atoms with Crippen molar-refractivity contribution < 1.29 is 9.59 Å². The van der Waals surface area contributed by atoms with Crippen LogP contribution in [0.4, 0.5) is 16.2 Å². The molecule has 2 aromatic carbocycles. The van der Waals surface area contributed by atoms with Crippen LogP contribution in [0.25, 0.3) is 0 Å². The molecule has 0 saturated heterocycles. The number of carbonyl (C=O) groups is 2. The summed E-state index contributed by atoms with van der Waals surface area (Å²) in [6, 6.07) is 13.8. The SMILES string of the molecule is CC(=O)N(CCNC(=O)Nc1ccccc1)c1c(Cl)cccc1Cl. The number of amides is 3. The van der Waals surface area contributed by atoms with Crippen LogP contribution in [-0.2, 0) is 4.79 Å². The quantitative estimate of drug-likeness (QED) is 0.835. The molecule has 0 aliphatic rings. The number of nitrogens with one attached hydrogen (secondary N) is 2. The molecule has 2 aromatic rings. The zero-order chi connectivity index (χ0) is 17.5. The number of benzene rings is 2. The second kappa shape index (κ2) is 8.57. The van der Waals surface area contributed by atoms with Gasteiger partial charge in [0.1, 0.15) is 0 Å². The number of halogens is 2. The first-order valence-electron chi connectivity index (χ1n) is 7.31. The van der Waals surface area contributed by atoms with Gasteiger partial charge in [-0.3, -0.25) is 4.79 Å². The van der Waals surface area contributed by atoms with Gasteiger partial charge in [-0.1, -0.05) is 47.5 Å². The van der Waals surface area contributed by atoms with Crippen LogP contribution in [0.5, 0.6) is 0 Å². The zero-order valence-corrected chi connectivity index (χ0v) is 14.6. The van der Waals surface area contributed by atoms with E-state index in [0.29, 0.717) is 21.4 Å². The monoisotopic (exact) mass is 365 g/mol. The molecule has 24 heavy (non-hydrogen) atoms. The van der Waals surface area contributed by atoms with Gasteiger partial charge in [-0.15, -0.1) is 0 Å². The van der Waals surface area contributed by atoms with Crippen LogP contribution in [0.3, 0.4) is 0 Å². The predicted octanol–water partition coefficient (Wildman–Crippen LogP) is 4.17. The van der Waals surface area contributed by atoms with E-state index in [0.717, 1.165) is 0 Å². The van der Waals surface area contributed by atoms with Gasteiger partial charge in [0.05, 0.1) is 15.7 Å². The van der Waals surface area contributed by atoms with Crippen molar-refractivity contribution in [2.45, 2.75) is 6.92 Å². The first-order chi connectivity index (χ1) is 11.5. The Labute approximate surface area is 150 Å². The summed E-state index contributed by atoms with van der Waals surface area (Å²) in [6.07, 6.45) is 0. The fourth-order valence-corrected chi connectivity index (χ4v) is 2.75. The molecule has 0 spiro atoms. The van der Waals surface area contributed by atoms with Gasteiger partial charge >= 0.3 is 6.03 Å². The highest BCUT2D eigenvalue weighted by Gasteiger charge is 2.18. The lowest BCUT2D eigenvalue weighted by atomic mass is 10.2. The van der Waals surface area contributed by atoms with E-state index in [2.05, 4.69) is 10.6 Å². The van der Waals surface area contributed by atoms with E-state index < -0.39 is 0 Å². The van der Waals surface area contributed by atoms with Crippen LogP contribution in [-0.4, -0.2) is 25.0 Å². The average molecular weight is 366 g/mol. The molecule has 126 valence electrons. The summed E-state index contributed by atoms with van der Waals surface area (Å²) in [4.78, 5) is 25.2. The van der Waals surface area contributed by atoms with E-state index >= 15 is 0 Å². The molecule has 3 amide bonds. The van der Waals surface area contributed by atoms with Crippen LogP contribution in [0.2, 0.25) is 10.0 Å². The average Bonchev–Trinajstić information content (AvgIpc) is 2.53. The number of hydrogen-bond donors (Lipinski definition) is 2. The summed E-state index contributed by atoms with van der Waals surface area (Å²) in [6.45, 7) is 1.92. The summed E-state index contributed by atoms with van der Waals surface area (Å²) < 4.78 is 0. The van der Waals surface area contributed by atoms with Gasteiger partial charge in [0.15, 0.2) is 0 Å². The van der Waals surface area contributed by atoms with Crippen molar-refractivity contribution in [2.75, 3.05) is 23.3 Å². The summed E-state index contributed by atoms with van der Waals surface area (Å²) in [5, 5.41) is 6.16. The third-order valence-corrected chi connectivity index (χ3v) is 3.85. The molecule has 0 bridgehead atoms. The number of hydrogen-bond acceptors (Lipinski definition) is 2. The molecule has 7 heteroatoms. The molecule has 0 aliphatic heterocycles. The number of carbonyl (C=O) groups excluding carboxylic acids is 2. The number of rotatable bonds is 5. The first-order valence-corrected chi connectivity index (χ1v) is 8.06. The maximum Gasteiger partial charge on any atom is 0.319 e. The molecule has 5 nitrogen and oxygen atoms in total. The molecule has 0 fully saturated rings. The van der Waals surface area contributed by atoms with Crippen LogP contribution in [0.1, 0.15) is 6.92 Å². The second-order valence-corrected chi connectivity index (χ2v) is 5.80. The lowest BCUT2D eigenvalue weighted by Crippen LogP contribution is -2.39. The predicted molar refractivity (Wildman–Crippen MR) is 98.0 cm³/mol. The van der Waals surface area contributed by atoms with Gasteiger partial charge in [0.25, 0.3) is 0 Å². The van der Waals surface area contributed by atoms with Gasteiger partial charge in [0, 0.05) is 25.7 Å². The van der Waals surface area contributed by atoms with Crippen molar-refractivity contribution in [3.63, 3.8) is 0 Å². The van der Waals surface area contributed by atoms with Crippen molar-refractivity contribution in [1.82, 2.24) is 5.32 Å². The minimum absolute atomic E-state index is 0.213. The Morgan fingerprint density at radius 3 is 2.21 bits per heavy atom. The van der Waals surface area contributed by atoms with E-state index in [1.807, 2.05) is 18.2 Å². The van der Waals surface area contributed by atoms with Gasteiger partial charge in [-0.05, 0) is 24.3 Å². The van der Waals surface area contributed by atoms with Crippen LogP contribution >= 0.6 is 23.2 Å². The van der Waals surface area contributed by atoms with E-state index in [4.69, 9.17) is 23.2 Å². The molecule has 0 saturated carbocycles. The number of urea groups is 1. The first kappa shape index (κ1) is 18.1. The normalized spacial score (nSPS) is 10.1. The Kier molecular flexibility index (Phi) is 6.46. The van der Waals surface area contributed by atoms with Gasteiger partial charge < -0.3 is 15.5 Å². The largest absolute Gasteiger partial charge is 0.336 e. The van der Waals surface area contributed by atoms with Crippen LogP contribution in [0, 0.1) is 0 Å². The Bertz CT molecular complexity index is 703. The summed E-state index contributed by atoms with van der Waals surface area (Å²) in [5.41, 5.74) is 1.13. The van der Waals surface area contributed by atoms with Crippen molar-refractivity contribution >= 4 is 46.5 Å². The van der Waals surface area contributed by atoms with E-state index in [9.17, 15) is 9.59 Å². The maximum absolute atomic E-state index is 11.9. The Balaban J connectivity index is 1.95. The molecule has 0 heterocycles. The number of anilines is 2. The highest BCUT2D eigenvalue weighted by Crippen LogP contribution is 2.33. The van der Waals surface area contributed by atoms with Gasteiger partial charge in [-0.2, -0.15) is 0 Å². The highest BCUT2D eigenvalue weighted by molar-refractivity contribution is 6.39. The summed E-state index contributed by atoms with van der Waals surface area (Å²) in [5.74, 6) is -0.213.